The van der Waals surface area contributed by atoms with E-state index in [4.69, 9.17) is 11.6 Å². The van der Waals surface area contributed by atoms with Gasteiger partial charge in [0.2, 0.25) is 0 Å². The van der Waals surface area contributed by atoms with Crippen LogP contribution in [0.5, 0.6) is 0 Å². The second kappa shape index (κ2) is 6.21. The molecule has 0 unspecified atom stereocenters. The van der Waals surface area contributed by atoms with Gasteiger partial charge in [-0.3, -0.25) is 0 Å². The van der Waals surface area contributed by atoms with Gasteiger partial charge in [0.1, 0.15) is 0 Å². The summed E-state index contributed by atoms with van der Waals surface area (Å²) in [4.78, 5) is 2.55. The summed E-state index contributed by atoms with van der Waals surface area (Å²) in [5, 5.41) is 4.01. The number of nitrogens with one attached hydrogen (secondary N) is 1. The van der Waals surface area contributed by atoms with Crippen LogP contribution >= 0.6 is 23.4 Å². The van der Waals surface area contributed by atoms with Gasteiger partial charge in [-0.25, -0.2) is 0 Å². The third-order valence-electron chi connectivity index (χ3n) is 3.69. The van der Waals surface area contributed by atoms with Gasteiger partial charge < -0.3 is 5.32 Å². The van der Waals surface area contributed by atoms with Crippen molar-refractivity contribution in [1.29, 1.82) is 0 Å². The zero-order valence-electron chi connectivity index (χ0n) is 11.6. The van der Waals surface area contributed by atoms with Gasteiger partial charge in [-0.15, -0.1) is 0 Å². The first-order chi connectivity index (χ1) is 9.76. The normalized spacial score (nSPS) is 13.5. The molecule has 0 heterocycles. The zero-order chi connectivity index (χ0) is 13.9. The number of aryl methyl sites for hydroxylation is 2. The predicted molar refractivity (Wildman–Crippen MR) is 86.8 cm³/mol. The maximum Gasteiger partial charge on any atom is 0.0417 e. The van der Waals surface area contributed by atoms with E-state index < -0.39 is 0 Å². The molecule has 0 atom stereocenters. The molecular formula is C17H18ClNS. The molecule has 1 N–H and O–H groups in total. The Hall–Kier alpha value is -0.960. The van der Waals surface area contributed by atoms with Gasteiger partial charge >= 0.3 is 0 Å². The fourth-order valence-corrected chi connectivity index (χ4v) is 3.98. The third kappa shape index (κ3) is 3.03. The third-order valence-corrected chi connectivity index (χ3v) is 5.02. The lowest BCUT2D eigenvalue weighted by Crippen LogP contribution is -2.05. The van der Waals surface area contributed by atoms with Crippen molar-refractivity contribution in [2.75, 3.05) is 7.05 Å². The van der Waals surface area contributed by atoms with Gasteiger partial charge in [-0.1, -0.05) is 35.5 Å². The summed E-state index contributed by atoms with van der Waals surface area (Å²) in [6.07, 6.45) is 3.76. The molecule has 20 heavy (non-hydrogen) atoms. The van der Waals surface area contributed by atoms with Gasteiger partial charge in [0, 0.05) is 21.4 Å². The van der Waals surface area contributed by atoms with Crippen LogP contribution in [0.15, 0.2) is 46.2 Å². The lowest BCUT2D eigenvalue weighted by Gasteiger charge is -2.10. The summed E-state index contributed by atoms with van der Waals surface area (Å²) in [5.74, 6) is 0. The topological polar surface area (TPSA) is 12.0 Å². The molecule has 3 heteroatoms. The van der Waals surface area contributed by atoms with Crippen molar-refractivity contribution in [2.45, 2.75) is 35.6 Å². The SMILES string of the molecule is CNCc1ccc(Cl)cc1Sc1ccc2c(c1)CCC2. The molecule has 0 saturated carbocycles. The Morgan fingerprint density at radius 1 is 1.10 bits per heavy atom. The van der Waals surface area contributed by atoms with Crippen LogP contribution in [0, 0.1) is 0 Å². The van der Waals surface area contributed by atoms with Crippen LogP contribution in [-0.2, 0) is 19.4 Å². The zero-order valence-corrected chi connectivity index (χ0v) is 13.2. The monoisotopic (exact) mass is 303 g/mol. The molecule has 1 aliphatic rings. The quantitative estimate of drug-likeness (QED) is 0.878. The summed E-state index contributed by atoms with van der Waals surface area (Å²) in [6, 6.07) is 13.0. The Kier molecular flexibility index (Phi) is 4.35. The van der Waals surface area contributed by atoms with Crippen LogP contribution in [0.25, 0.3) is 0 Å². The minimum absolute atomic E-state index is 0.800. The van der Waals surface area contributed by atoms with Crippen molar-refractivity contribution in [2.24, 2.45) is 0 Å². The molecule has 0 radical (unpaired) electrons. The molecule has 0 amide bonds. The molecule has 2 aromatic carbocycles. The highest BCUT2D eigenvalue weighted by Crippen LogP contribution is 2.35. The fourth-order valence-electron chi connectivity index (χ4n) is 2.70. The molecule has 2 aromatic rings. The largest absolute Gasteiger partial charge is 0.316 e. The Labute approximate surface area is 129 Å². The first kappa shape index (κ1) is 14.0. The van der Waals surface area contributed by atoms with Crippen LogP contribution in [0.4, 0.5) is 0 Å². The molecule has 0 aromatic heterocycles. The Bertz CT molecular complexity index is 624. The molecule has 1 aliphatic carbocycles. The van der Waals surface area contributed by atoms with E-state index in [9.17, 15) is 0 Å². The van der Waals surface area contributed by atoms with Crippen molar-refractivity contribution in [3.63, 3.8) is 0 Å². The molecule has 0 spiro atoms. The summed E-state index contributed by atoms with van der Waals surface area (Å²) < 4.78 is 0. The maximum atomic E-state index is 6.14. The highest BCUT2D eigenvalue weighted by Gasteiger charge is 2.12. The number of fused-ring (bicyclic) bond motifs is 1. The van der Waals surface area contributed by atoms with Gasteiger partial charge in [0.05, 0.1) is 0 Å². The molecule has 1 nitrogen and oxygen atoms in total. The Balaban J connectivity index is 1.88. The average Bonchev–Trinajstić information content (AvgIpc) is 2.89. The Morgan fingerprint density at radius 2 is 1.95 bits per heavy atom. The van der Waals surface area contributed by atoms with Crippen LogP contribution in [0.1, 0.15) is 23.1 Å². The lowest BCUT2D eigenvalue weighted by atomic mass is 10.1. The minimum atomic E-state index is 0.800. The van der Waals surface area contributed by atoms with E-state index in [1.807, 2.05) is 24.9 Å². The van der Waals surface area contributed by atoms with Crippen molar-refractivity contribution in [3.8, 4) is 0 Å². The number of hydrogen-bond acceptors (Lipinski definition) is 2. The summed E-state index contributed by atoms with van der Waals surface area (Å²) in [5.41, 5.74) is 4.34. The van der Waals surface area contributed by atoms with E-state index in [0.29, 0.717) is 0 Å². The second-order valence-corrected chi connectivity index (χ2v) is 6.72. The number of halogens is 1. The van der Waals surface area contributed by atoms with E-state index in [2.05, 4.69) is 35.6 Å². The van der Waals surface area contributed by atoms with Crippen LogP contribution < -0.4 is 5.32 Å². The minimum Gasteiger partial charge on any atom is -0.316 e. The smallest absolute Gasteiger partial charge is 0.0417 e. The molecule has 0 bridgehead atoms. The summed E-state index contributed by atoms with van der Waals surface area (Å²) >= 11 is 7.95. The number of benzene rings is 2. The van der Waals surface area contributed by atoms with Crippen LogP contribution in [-0.4, -0.2) is 7.05 Å². The summed E-state index contributed by atoms with van der Waals surface area (Å²) in [6.45, 7) is 0.866. The summed E-state index contributed by atoms with van der Waals surface area (Å²) in [7, 11) is 1.97. The molecule has 0 fully saturated rings. The average molecular weight is 304 g/mol. The molecule has 3 rings (SSSR count). The van der Waals surface area contributed by atoms with E-state index >= 15 is 0 Å². The lowest BCUT2D eigenvalue weighted by molar-refractivity contribution is 0.803. The van der Waals surface area contributed by atoms with Gasteiger partial charge in [0.15, 0.2) is 0 Å². The van der Waals surface area contributed by atoms with E-state index in [-0.39, 0.29) is 0 Å². The Morgan fingerprint density at radius 3 is 2.80 bits per heavy atom. The van der Waals surface area contributed by atoms with Gasteiger partial charge in [-0.2, -0.15) is 0 Å². The first-order valence-corrected chi connectivity index (χ1v) is 8.18. The molecule has 0 aliphatic heterocycles. The van der Waals surface area contributed by atoms with Gasteiger partial charge in [0.25, 0.3) is 0 Å². The second-order valence-electron chi connectivity index (χ2n) is 5.17. The van der Waals surface area contributed by atoms with Crippen LogP contribution in [0.3, 0.4) is 0 Å². The van der Waals surface area contributed by atoms with Crippen molar-refractivity contribution in [3.05, 3.63) is 58.1 Å². The van der Waals surface area contributed by atoms with Crippen molar-refractivity contribution >= 4 is 23.4 Å². The number of rotatable bonds is 4. The van der Waals surface area contributed by atoms with E-state index in [0.717, 1.165) is 11.6 Å². The predicted octanol–water partition coefficient (Wildman–Crippen LogP) is 4.70. The fraction of sp³-hybridized carbons (Fsp3) is 0.294. The molecular weight excluding hydrogens is 286 g/mol. The first-order valence-electron chi connectivity index (χ1n) is 6.99. The highest BCUT2D eigenvalue weighted by atomic mass is 35.5. The van der Waals surface area contributed by atoms with Crippen LogP contribution in [0.2, 0.25) is 5.02 Å². The van der Waals surface area contributed by atoms with Crippen molar-refractivity contribution < 1.29 is 0 Å². The number of hydrogen-bond donors (Lipinski definition) is 1. The molecule has 104 valence electrons. The standard InChI is InChI=1S/C17H18ClNS/c1-19-11-14-5-7-15(18)10-17(14)20-16-8-6-12-3-2-4-13(12)9-16/h5-10,19H,2-4,11H2,1H3. The maximum absolute atomic E-state index is 6.14. The van der Waals surface area contributed by atoms with E-state index in [1.54, 1.807) is 0 Å². The van der Waals surface area contributed by atoms with Crippen molar-refractivity contribution in [1.82, 2.24) is 5.32 Å². The van der Waals surface area contributed by atoms with Gasteiger partial charge in [-0.05, 0) is 67.3 Å². The highest BCUT2D eigenvalue weighted by molar-refractivity contribution is 7.99. The molecule has 0 saturated heterocycles. The van der Waals surface area contributed by atoms with E-state index in [1.165, 1.54) is 45.7 Å².